The van der Waals surface area contributed by atoms with Crippen LogP contribution in [0, 0.1) is 0 Å². The summed E-state index contributed by atoms with van der Waals surface area (Å²) in [4.78, 5) is 3.67. The van der Waals surface area contributed by atoms with Gasteiger partial charge in [-0.15, -0.1) is 0 Å². The predicted octanol–water partition coefficient (Wildman–Crippen LogP) is 3.96. The van der Waals surface area contributed by atoms with Crippen LogP contribution in [0.2, 0.25) is 0 Å². The summed E-state index contributed by atoms with van der Waals surface area (Å²) in [5.41, 5.74) is 0. The van der Waals surface area contributed by atoms with Gasteiger partial charge in [-0.05, 0) is 0 Å². The first-order chi connectivity index (χ1) is 7.81. The molecule has 0 bridgehead atoms. The van der Waals surface area contributed by atoms with Gasteiger partial charge in [-0.2, -0.15) is 5.10 Å². The van der Waals surface area contributed by atoms with Crippen molar-refractivity contribution in [2.75, 3.05) is 0 Å². The summed E-state index contributed by atoms with van der Waals surface area (Å²) in [6.07, 6.45) is 14.6. The fourth-order valence-electron chi connectivity index (χ4n) is 1.47. The van der Waals surface area contributed by atoms with E-state index in [0.717, 1.165) is 0 Å². The molecule has 1 rings (SSSR count). The van der Waals surface area contributed by atoms with E-state index in [1.54, 1.807) is 11.0 Å². The van der Waals surface area contributed by atoms with Gasteiger partial charge in [-0.25, -0.2) is 4.98 Å². The average molecular weight is 225 g/mol. The lowest BCUT2D eigenvalue weighted by atomic mass is 10.1. The highest BCUT2D eigenvalue weighted by Crippen LogP contribution is 2.07. The molecule has 3 heteroatoms. The number of nitrogens with zero attached hydrogens (tertiary/aromatic N) is 3. The van der Waals surface area contributed by atoms with Crippen LogP contribution in [0.25, 0.3) is 0 Å². The van der Waals surface area contributed by atoms with E-state index in [1.807, 2.05) is 7.05 Å². The quantitative estimate of drug-likeness (QED) is 0.658. The van der Waals surface area contributed by atoms with Crippen molar-refractivity contribution in [3.05, 3.63) is 12.7 Å². The Morgan fingerprint density at radius 3 is 1.62 bits per heavy atom. The molecule has 0 radical (unpaired) electrons. The number of rotatable bonds is 7. The van der Waals surface area contributed by atoms with E-state index >= 15 is 0 Å². The van der Waals surface area contributed by atoms with Crippen LogP contribution in [0.4, 0.5) is 0 Å². The molecule has 0 saturated heterocycles. The van der Waals surface area contributed by atoms with Crippen molar-refractivity contribution in [1.82, 2.24) is 14.8 Å². The van der Waals surface area contributed by atoms with Crippen LogP contribution in [0.1, 0.15) is 65.2 Å². The van der Waals surface area contributed by atoms with E-state index in [9.17, 15) is 0 Å². The lowest BCUT2D eigenvalue weighted by Gasteiger charge is -1.97. The van der Waals surface area contributed by atoms with Gasteiger partial charge in [-0.3, -0.25) is 4.68 Å². The molecule has 0 unspecified atom stereocenters. The largest absolute Gasteiger partial charge is 0.256 e. The first-order valence-electron chi connectivity index (χ1n) is 6.59. The van der Waals surface area contributed by atoms with Crippen molar-refractivity contribution in [2.45, 2.75) is 65.2 Å². The first kappa shape index (κ1) is 15.1. The molecule has 16 heavy (non-hydrogen) atoms. The highest BCUT2D eigenvalue weighted by molar-refractivity contribution is 4.49. The van der Waals surface area contributed by atoms with Crippen LogP contribution in [0.3, 0.4) is 0 Å². The Kier molecular flexibility index (Phi) is 11.6. The Bertz CT molecular complexity index is 199. The molecule has 0 aliphatic rings. The van der Waals surface area contributed by atoms with E-state index in [4.69, 9.17) is 0 Å². The minimum atomic E-state index is 1.37. The summed E-state index contributed by atoms with van der Waals surface area (Å²) >= 11 is 0. The number of unbranched alkanes of at least 4 members (excludes halogenated alkanes) is 7. The standard InChI is InChI=1S/C10H22.C3H5N3/c1-3-5-7-9-10-8-6-4-2;1-6-3-4-2-5-6/h3-10H2,1-2H3;2-3H,1H3. The Hall–Kier alpha value is -0.860. The zero-order valence-electron chi connectivity index (χ0n) is 11.2. The van der Waals surface area contributed by atoms with Crippen LogP contribution in [-0.2, 0) is 7.05 Å². The highest BCUT2D eigenvalue weighted by atomic mass is 15.3. The van der Waals surface area contributed by atoms with Crippen molar-refractivity contribution in [3.63, 3.8) is 0 Å². The molecule has 3 nitrogen and oxygen atoms in total. The van der Waals surface area contributed by atoms with E-state index < -0.39 is 0 Å². The topological polar surface area (TPSA) is 30.7 Å². The van der Waals surface area contributed by atoms with Gasteiger partial charge < -0.3 is 0 Å². The maximum Gasteiger partial charge on any atom is 0.137 e. The van der Waals surface area contributed by atoms with Crippen LogP contribution < -0.4 is 0 Å². The summed E-state index contributed by atoms with van der Waals surface area (Å²) in [6.45, 7) is 4.54. The molecule has 0 N–H and O–H groups in total. The molecular weight excluding hydrogens is 198 g/mol. The van der Waals surface area contributed by atoms with E-state index in [2.05, 4.69) is 23.9 Å². The second kappa shape index (κ2) is 12.2. The summed E-state index contributed by atoms with van der Waals surface area (Å²) in [7, 11) is 1.83. The maximum atomic E-state index is 3.72. The molecule has 0 aromatic carbocycles. The molecule has 94 valence electrons. The first-order valence-corrected chi connectivity index (χ1v) is 6.59. The predicted molar refractivity (Wildman–Crippen MR) is 69.3 cm³/mol. The van der Waals surface area contributed by atoms with Crippen molar-refractivity contribution in [1.29, 1.82) is 0 Å². The number of hydrogen-bond acceptors (Lipinski definition) is 2. The minimum Gasteiger partial charge on any atom is -0.256 e. The third-order valence-corrected chi connectivity index (χ3v) is 2.49. The minimum absolute atomic E-state index is 1.37. The number of hydrogen-bond donors (Lipinski definition) is 0. The van der Waals surface area contributed by atoms with E-state index in [0.29, 0.717) is 0 Å². The molecular formula is C13H27N3. The second-order valence-electron chi connectivity index (χ2n) is 4.19. The SMILES string of the molecule is CCCCCCCCCC.Cn1cncn1. The number of aromatic nitrogens is 3. The number of aryl methyl sites for hydroxylation is 1. The van der Waals surface area contributed by atoms with Gasteiger partial charge in [0.2, 0.25) is 0 Å². The van der Waals surface area contributed by atoms with Gasteiger partial charge in [0.25, 0.3) is 0 Å². The Morgan fingerprint density at radius 1 is 0.875 bits per heavy atom. The Labute approximate surface area is 100 Å². The van der Waals surface area contributed by atoms with Crippen molar-refractivity contribution < 1.29 is 0 Å². The molecule has 1 aromatic rings. The lowest BCUT2D eigenvalue weighted by Crippen LogP contribution is -1.83. The molecule has 0 aliphatic carbocycles. The van der Waals surface area contributed by atoms with Crippen LogP contribution in [-0.4, -0.2) is 14.8 Å². The molecule has 0 amide bonds. The van der Waals surface area contributed by atoms with Gasteiger partial charge in [0, 0.05) is 7.05 Å². The molecule has 1 aromatic heterocycles. The van der Waals surface area contributed by atoms with E-state index in [1.165, 1.54) is 57.7 Å². The van der Waals surface area contributed by atoms with Gasteiger partial charge in [-0.1, -0.05) is 65.2 Å². The fraction of sp³-hybridized carbons (Fsp3) is 0.846. The van der Waals surface area contributed by atoms with Crippen LogP contribution in [0.5, 0.6) is 0 Å². The zero-order chi connectivity index (χ0) is 12.1. The highest BCUT2D eigenvalue weighted by Gasteiger charge is 1.87. The van der Waals surface area contributed by atoms with Crippen LogP contribution >= 0.6 is 0 Å². The zero-order valence-corrected chi connectivity index (χ0v) is 11.2. The summed E-state index contributed by atoms with van der Waals surface area (Å²) in [6, 6.07) is 0. The fourth-order valence-corrected chi connectivity index (χ4v) is 1.47. The van der Waals surface area contributed by atoms with Crippen molar-refractivity contribution in [3.8, 4) is 0 Å². The van der Waals surface area contributed by atoms with Crippen molar-refractivity contribution in [2.24, 2.45) is 7.05 Å². The van der Waals surface area contributed by atoms with Crippen LogP contribution in [0.15, 0.2) is 12.7 Å². The second-order valence-corrected chi connectivity index (χ2v) is 4.19. The van der Waals surface area contributed by atoms with E-state index in [-0.39, 0.29) is 0 Å². The summed E-state index contributed by atoms with van der Waals surface area (Å²) in [5.74, 6) is 0. The smallest absolute Gasteiger partial charge is 0.137 e. The van der Waals surface area contributed by atoms with Gasteiger partial charge in [0.15, 0.2) is 0 Å². The Morgan fingerprint density at radius 2 is 1.38 bits per heavy atom. The normalized spacial score (nSPS) is 9.69. The van der Waals surface area contributed by atoms with Gasteiger partial charge >= 0.3 is 0 Å². The maximum absolute atomic E-state index is 3.72. The Balaban J connectivity index is 0.000000315. The molecule has 0 saturated carbocycles. The molecule has 0 spiro atoms. The summed E-state index contributed by atoms with van der Waals surface area (Å²) < 4.78 is 1.64. The average Bonchev–Trinajstić information content (AvgIpc) is 2.75. The van der Waals surface area contributed by atoms with Gasteiger partial charge in [0.05, 0.1) is 0 Å². The molecule has 0 aliphatic heterocycles. The monoisotopic (exact) mass is 225 g/mol. The molecule has 0 fully saturated rings. The third-order valence-electron chi connectivity index (χ3n) is 2.49. The van der Waals surface area contributed by atoms with Gasteiger partial charge in [0.1, 0.15) is 12.7 Å². The molecule has 0 atom stereocenters. The summed E-state index contributed by atoms with van der Waals surface area (Å²) in [5, 5.41) is 3.72. The van der Waals surface area contributed by atoms with Crippen molar-refractivity contribution >= 4 is 0 Å². The molecule has 1 heterocycles. The third kappa shape index (κ3) is 11.2. The lowest BCUT2D eigenvalue weighted by molar-refractivity contribution is 0.585.